The van der Waals surface area contributed by atoms with Gasteiger partial charge in [-0.2, -0.15) is 0 Å². The first-order valence-electron chi connectivity index (χ1n) is 7.57. The maximum Gasteiger partial charge on any atom is 0.129 e. The van der Waals surface area contributed by atoms with Gasteiger partial charge in [0.2, 0.25) is 0 Å². The molecule has 2 aromatic carbocycles. The summed E-state index contributed by atoms with van der Waals surface area (Å²) in [5.41, 5.74) is 4.71. The zero-order valence-electron chi connectivity index (χ0n) is 12.8. The predicted molar refractivity (Wildman–Crippen MR) is 84.8 cm³/mol. The lowest BCUT2D eigenvalue weighted by Crippen LogP contribution is -2.32. The van der Waals surface area contributed by atoms with Gasteiger partial charge in [0.15, 0.2) is 0 Å². The van der Waals surface area contributed by atoms with Gasteiger partial charge >= 0.3 is 0 Å². The highest BCUT2D eigenvalue weighted by molar-refractivity contribution is 5.37. The molecule has 3 unspecified atom stereocenters. The lowest BCUT2D eigenvalue weighted by Gasteiger charge is -2.34. The second kappa shape index (κ2) is 5.53. The van der Waals surface area contributed by atoms with Crippen molar-refractivity contribution in [3.8, 4) is 5.75 Å². The van der Waals surface area contributed by atoms with E-state index in [2.05, 4.69) is 32.9 Å². The van der Waals surface area contributed by atoms with Crippen LogP contribution in [0.25, 0.3) is 0 Å². The van der Waals surface area contributed by atoms with Crippen LogP contribution in [0.1, 0.15) is 47.6 Å². The molecule has 1 aliphatic rings. The molecule has 0 spiro atoms. The molecular formula is C19H22O2. The van der Waals surface area contributed by atoms with Gasteiger partial charge in [0.05, 0.1) is 0 Å². The third-order valence-corrected chi connectivity index (χ3v) is 4.55. The lowest BCUT2D eigenvalue weighted by atomic mass is 9.80. The maximum absolute atomic E-state index is 10.6. The molecular weight excluding hydrogens is 260 g/mol. The average Bonchev–Trinajstić information content (AvgIpc) is 2.48. The average molecular weight is 282 g/mol. The summed E-state index contributed by atoms with van der Waals surface area (Å²) in [6, 6.07) is 14.2. The van der Waals surface area contributed by atoms with Crippen molar-refractivity contribution >= 4 is 0 Å². The van der Waals surface area contributed by atoms with Crippen LogP contribution in [-0.2, 0) is 0 Å². The standard InChI is InChI=1S/C19H22O2/c1-12-8-9-15(10-13(12)2)21-18-11-14(3)16-6-4-5-7-17(16)19(18)20/h4-10,14,18-20H,11H2,1-3H3. The second-order valence-electron chi connectivity index (χ2n) is 6.11. The van der Waals surface area contributed by atoms with Gasteiger partial charge in [0.1, 0.15) is 18.0 Å². The van der Waals surface area contributed by atoms with E-state index in [4.69, 9.17) is 4.74 Å². The van der Waals surface area contributed by atoms with Crippen molar-refractivity contribution < 1.29 is 9.84 Å². The van der Waals surface area contributed by atoms with Gasteiger partial charge in [-0.05, 0) is 60.6 Å². The minimum atomic E-state index is -0.556. The Hall–Kier alpha value is -1.80. The first-order chi connectivity index (χ1) is 10.1. The monoisotopic (exact) mass is 282 g/mol. The van der Waals surface area contributed by atoms with Crippen molar-refractivity contribution in [2.75, 3.05) is 0 Å². The van der Waals surface area contributed by atoms with Gasteiger partial charge in [-0.1, -0.05) is 37.3 Å². The Morgan fingerprint density at radius 1 is 1.00 bits per heavy atom. The number of hydrogen-bond donors (Lipinski definition) is 1. The van der Waals surface area contributed by atoms with Gasteiger partial charge < -0.3 is 9.84 Å². The van der Waals surface area contributed by atoms with E-state index in [-0.39, 0.29) is 6.10 Å². The van der Waals surface area contributed by atoms with Crippen LogP contribution in [0, 0.1) is 13.8 Å². The number of fused-ring (bicyclic) bond motifs is 1. The smallest absolute Gasteiger partial charge is 0.129 e. The van der Waals surface area contributed by atoms with Crippen LogP contribution in [-0.4, -0.2) is 11.2 Å². The van der Waals surface area contributed by atoms with Crippen molar-refractivity contribution in [2.45, 2.75) is 45.3 Å². The van der Waals surface area contributed by atoms with E-state index in [1.54, 1.807) is 0 Å². The highest BCUT2D eigenvalue weighted by Gasteiger charge is 2.33. The molecule has 2 heteroatoms. The Balaban J connectivity index is 1.85. The SMILES string of the molecule is Cc1ccc(OC2CC(C)c3ccccc3C2O)cc1C. The normalized spacial score (nSPS) is 24.5. The molecule has 2 nitrogen and oxygen atoms in total. The molecule has 2 aromatic rings. The lowest BCUT2D eigenvalue weighted by molar-refractivity contribution is 0.0179. The van der Waals surface area contributed by atoms with Crippen LogP contribution in [0.5, 0.6) is 5.75 Å². The van der Waals surface area contributed by atoms with E-state index < -0.39 is 6.10 Å². The molecule has 0 radical (unpaired) electrons. The van der Waals surface area contributed by atoms with E-state index in [0.29, 0.717) is 5.92 Å². The second-order valence-corrected chi connectivity index (χ2v) is 6.11. The Bertz CT molecular complexity index is 648. The van der Waals surface area contributed by atoms with Crippen LogP contribution in [0.3, 0.4) is 0 Å². The highest BCUT2D eigenvalue weighted by Crippen LogP contribution is 2.39. The Morgan fingerprint density at radius 3 is 2.43 bits per heavy atom. The van der Waals surface area contributed by atoms with Gasteiger partial charge in [-0.25, -0.2) is 0 Å². The predicted octanol–water partition coefficient (Wildman–Crippen LogP) is 4.29. The van der Waals surface area contributed by atoms with E-state index in [1.165, 1.54) is 16.7 Å². The summed E-state index contributed by atoms with van der Waals surface area (Å²) in [4.78, 5) is 0. The molecule has 3 rings (SSSR count). The fourth-order valence-corrected chi connectivity index (χ4v) is 3.11. The van der Waals surface area contributed by atoms with E-state index in [0.717, 1.165) is 17.7 Å². The zero-order valence-corrected chi connectivity index (χ0v) is 12.8. The topological polar surface area (TPSA) is 29.5 Å². The number of rotatable bonds is 2. The minimum absolute atomic E-state index is 0.183. The van der Waals surface area contributed by atoms with Crippen LogP contribution < -0.4 is 4.74 Å². The van der Waals surface area contributed by atoms with Crippen LogP contribution in [0.4, 0.5) is 0 Å². The summed E-state index contributed by atoms with van der Waals surface area (Å²) in [7, 11) is 0. The maximum atomic E-state index is 10.6. The summed E-state index contributed by atoms with van der Waals surface area (Å²) in [5.74, 6) is 1.25. The molecule has 0 bridgehead atoms. The molecule has 0 heterocycles. The molecule has 1 N–H and O–H groups in total. The van der Waals surface area contributed by atoms with Gasteiger partial charge in [0.25, 0.3) is 0 Å². The summed E-state index contributed by atoms with van der Waals surface area (Å²) >= 11 is 0. The zero-order chi connectivity index (χ0) is 15.0. The summed E-state index contributed by atoms with van der Waals surface area (Å²) < 4.78 is 6.08. The number of aryl methyl sites for hydroxylation is 2. The van der Waals surface area contributed by atoms with Crippen molar-refractivity contribution in [2.24, 2.45) is 0 Å². The fraction of sp³-hybridized carbons (Fsp3) is 0.368. The van der Waals surface area contributed by atoms with Gasteiger partial charge in [-0.15, -0.1) is 0 Å². The number of aliphatic hydroxyl groups is 1. The van der Waals surface area contributed by atoms with Crippen LogP contribution >= 0.6 is 0 Å². The molecule has 21 heavy (non-hydrogen) atoms. The van der Waals surface area contributed by atoms with Crippen LogP contribution in [0.2, 0.25) is 0 Å². The highest BCUT2D eigenvalue weighted by atomic mass is 16.5. The third-order valence-electron chi connectivity index (χ3n) is 4.55. The molecule has 0 saturated heterocycles. The fourth-order valence-electron chi connectivity index (χ4n) is 3.11. The number of ether oxygens (including phenoxy) is 1. The Labute approximate surface area is 126 Å². The van der Waals surface area contributed by atoms with E-state index in [9.17, 15) is 5.11 Å². The molecule has 110 valence electrons. The van der Waals surface area contributed by atoms with E-state index in [1.807, 2.05) is 30.3 Å². The van der Waals surface area contributed by atoms with Gasteiger partial charge in [0, 0.05) is 0 Å². The summed E-state index contributed by atoms with van der Waals surface area (Å²) in [6.07, 6.45) is 0.0986. The Morgan fingerprint density at radius 2 is 1.71 bits per heavy atom. The molecule has 0 amide bonds. The van der Waals surface area contributed by atoms with E-state index >= 15 is 0 Å². The minimum Gasteiger partial charge on any atom is -0.487 e. The van der Waals surface area contributed by atoms with Crippen molar-refractivity contribution in [1.29, 1.82) is 0 Å². The van der Waals surface area contributed by atoms with Gasteiger partial charge in [-0.3, -0.25) is 0 Å². The number of benzene rings is 2. The number of hydrogen-bond acceptors (Lipinski definition) is 2. The van der Waals surface area contributed by atoms with Crippen molar-refractivity contribution in [1.82, 2.24) is 0 Å². The first-order valence-corrected chi connectivity index (χ1v) is 7.57. The molecule has 1 aliphatic carbocycles. The Kier molecular flexibility index (Phi) is 3.73. The largest absolute Gasteiger partial charge is 0.487 e. The molecule has 0 fully saturated rings. The first kappa shape index (κ1) is 14.2. The van der Waals surface area contributed by atoms with Crippen LogP contribution in [0.15, 0.2) is 42.5 Å². The molecule has 0 aromatic heterocycles. The molecule has 0 saturated carbocycles. The molecule has 0 aliphatic heterocycles. The molecule has 3 atom stereocenters. The summed E-state index contributed by atoms with van der Waals surface area (Å²) in [6.45, 7) is 6.37. The van der Waals surface area contributed by atoms with Crippen molar-refractivity contribution in [3.05, 3.63) is 64.7 Å². The number of aliphatic hydroxyl groups excluding tert-OH is 1. The quantitative estimate of drug-likeness (QED) is 0.890. The summed E-state index contributed by atoms with van der Waals surface area (Å²) in [5, 5.41) is 10.6. The van der Waals surface area contributed by atoms with Crippen molar-refractivity contribution in [3.63, 3.8) is 0 Å². The third kappa shape index (κ3) is 2.68.